The van der Waals surface area contributed by atoms with Crippen LogP contribution >= 0.6 is 0 Å². The summed E-state index contributed by atoms with van der Waals surface area (Å²) in [4.78, 5) is 16.4. The first-order valence-electron chi connectivity index (χ1n) is 6.76. The highest BCUT2D eigenvalue weighted by Gasteiger charge is 2.44. The van der Waals surface area contributed by atoms with Gasteiger partial charge in [-0.05, 0) is 12.8 Å². The van der Waals surface area contributed by atoms with Crippen LogP contribution in [0.1, 0.15) is 25.7 Å². The third kappa shape index (κ3) is 2.50. The van der Waals surface area contributed by atoms with E-state index in [1.807, 2.05) is 4.90 Å². The zero-order chi connectivity index (χ0) is 13.0. The molecule has 0 atom stereocenters. The summed E-state index contributed by atoms with van der Waals surface area (Å²) in [7, 11) is 0. The molecule has 1 saturated heterocycles. The van der Waals surface area contributed by atoms with Crippen LogP contribution in [0.4, 0.5) is 0 Å². The van der Waals surface area contributed by atoms with Crippen molar-refractivity contribution in [1.29, 1.82) is 5.26 Å². The number of carbonyl (C=O) groups is 1. The van der Waals surface area contributed by atoms with E-state index < -0.39 is 5.41 Å². The molecular weight excluding hydrogens is 230 g/mol. The Labute approximate surface area is 108 Å². The SMILES string of the molecule is N#CC1(C(=O)N2CCN(CCO)CC2)CCCC1. The van der Waals surface area contributed by atoms with E-state index in [1.54, 1.807) is 0 Å². The number of hydrogen-bond donors (Lipinski definition) is 1. The lowest BCUT2D eigenvalue weighted by molar-refractivity contribution is -0.140. The van der Waals surface area contributed by atoms with E-state index in [9.17, 15) is 10.1 Å². The molecule has 100 valence electrons. The maximum Gasteiger partial charge on any atom is 0.243 e. The monoisotopic (exact) mass is 251 g/mol. The lowest BCUT2D eigenvalue weighted by Crippen LogP contribution is -2.52. The van der Waals surface area contributed by atoms with Gasteiger partial charge in [-0.1, -0.05) is 12.8 Å². The number of aliphatic hydroxyl groups is 1. The van der Waals surface area contributed by atoms with Crippen LogP contribution in [0.5, 0.6) is 0 Å². The van der Waals surface area contributed by atoms with Gasteiger partial charge in [-0.2, -0.15) is 5.26 Å². The van der Waals surface area contributed by atoms with E-state index in [4.69, 9.17) is 5.11 Å². The largest absolute Gasteiger partial charge is 0.395 e. The van der Waals surface area contributed by atoms with E-state index >= 15 is 0 Å². The number of nitriles is 1. The van der Waals surface area contributed by atoms with Crippen molar-refractivity contribution >= 4 is 5.91 Å². The highest BCUT2D eigenvalue weighted by Crippen LogP contribution is 2.39. The number of carbonyl (C=O) groups excluding carboxylic acids is 1. The Morgan fingerprint density at radius 2 is 1.83 bits per heavy atom. The number of nitrogens with zero attached hydrogens (tertiary/aromatic N) is 3. The first kappa shape index (κ1) is 13.3. The third-order valence-electron chi connectivity index (χ3n) is 4.16. The lowest BCUT2D eigenvalue weighted by atomic mass is 9.86. The number of rotatable bonds is 3. The fourth-order valence-electron chi connectivity index (χ4n) is 2.97. The summed E-state index contributed by atoms with van der Waals surface area (Å²) in [5, 5.41) is 18.2. The highest BCUT2D eigenvalue weighted by molar-refractivity contribution is 5.86. The van der Waals surface area contributed by atoms with Gasteiger partial charge in [0, 0.05) is 32.7 Å². The number of β-amino-alcohol motifs (C(OH)–C–C–N with tert-alkyl or cyclic N) is 1. The van der Waals surface area contributed by atoms with Crippen molar-refractivity contribution < 1.29 is 9.90 Å². The highest BCUT2D eigenvalue weighted by atomic mass is 16.3. The summed E-state index contributed by atoms with van der Waals surface area (Å²) in [6.07, 6.45) is 3.42. The van der Waals surface area contributed by atoms with E-state index in [2.05, 4.69) is 11.0 Å². The molecule has 2 fully saturated rings. The fourth-order valence-corrected chi connectivity index (χ4v) is 2.97. The summed E-state index contributed by atoms with van der Waals surface area (Å²) in [6, 6.07) is 2.27. The minimum absolute atomic E-state index is 0.0335. The molecule has 0 unspecified atom stereocenters. The summed E-state index contributed by atoms with van der Waals surface area (Å²) in [5.41, 5.74) is -0.737. The number of piperazine rings is 1. The maximum absolute atomic E-state index is 12.5. The van der Waals surface area contributed by atoms with E-state index in [0.29, 0.717) is 19.6 Å². The van der Waals surface area contributed by atoms with Crippen LogP contribution in [-0.2, 0) is 4.79 Å². The van der Waals surface area contributed by atoms with Crippen LogP contribution in [-0.4, -0.2) is 60.1 Å². The maximum atomic E-state index is 12.5. The van der Waals surface area contributed by atoms with Crippen molar-refractivity contribution in [3.8, 4) is 6.07 Å². The summed E-state index contributed by atoms with van der Waals surface area (Å²) in [5.74, 6) is 0.0335. The quantitative estimate of drug-likeness (QED) is 0.778. The topological polar surface area (TPSA) is 67.6 Å². The van der Waals surface area contributed by atoms with Crippen LogP contribution in [0.2, 0.25) is 0 Å². The van der Waals surface area contributed by atoms with Crippen LogP contribution in [0.3, 0.4) is 0 Å². The molecule has 1 N–H and O–H groups in total. The zero-order valence-electron chi connectivity index (χ0n) is 10.8. The normalized spacial score (nSPS) is 23.9. The van der Waals surface area contributed by atoms with Gasteiger partial charge in [0.2, 0.25) is 5.91 Å². The van der Waals surface area contributed by atoms with Crippen LogP contribution in [0.15, 0.2) is 0 Å². The second-order valence-electron chi connectivity index (χ2n) is 5.26. The van der Waals surface area contributed by atoms with Gasteiger partial charge >= 0.3 is 0 Å². The first-order chi connectivity index (χ1) is 8.72. The lowest BCUT2D eigenvalue weighted by Gasteiger charge is -2.37. The molecule has 0 spiro atoms. The summed E-state index contributed by atoms with van der Waals surface area (Å²) < 4.78 is 0. The van der Waals surface area contributed by atoms with E-state index in [0.717, 1.165) is 38.8 Å². The van der Waals surface area contributed by atoms with Gasteiger partial charge in [0.15, 0.2) is 0 Å². The molecular formula is C13H21N3O2. The van der Waals surface area contributed by atoms with Gasteiger partial charge < -0.3 is 10.0 Å². The molecule has 1 heterocycles. The molecule has 0 bridgehead atoms. The van der Waals surface area contributed by atoms with Crippen LogP contribution < -0.4 is 0 Å². The molecule has 5 nitrogen and oxygen atoms in total. The number of hydrogen-bond acceptors (Lipinski definition) is 4. The molecule has 2 rings (SSSR count). The zero-order valence-corrected chi connectivity index (χ0v) is 10.8. The van der Waals surface area contributed by atoms with Crippen molar-refractivity contribution in [3.63, 3.8) is 0 Å². The summed E-state index contributed by atoms with van der Waals surface area (Å²) in [6.45, 7) is 3.80. The Hall–Kier alpha value is -1.12. The first-order valence-corrected chi connectivity index (χ1v) is 6.76. The van der Waals surface area contributed by atoms with Crippen LogP contribution in [0, 0.1) is 16.7 Å². The van der Waals surface area contributed by atoms with Gasteiger partial charge in [-0.25, -0.2) is 0 Å². The standard InChI is InChI=1S/C13H21N3O2/c14-11-13(3-1-2-4-13)12(18)16-7-5-15(6-8-16)9-10-17/h17H,1-10H2. The van der Waals surface area contributed by atoms with Crippen molar-refractivity contribution in [2.75, 3.05) is 39.3 Å². The minimum Gasteiger partial charge on any atom is -0.395 e. The fraction of sp³-hybridized carbons (Fsp3) is 0.846. The molecule has 1 aliphatic heterocycles. The van der Waals surface area contributed by atoms with E-state index in [1.165, 1.54) is 0 Å². The predicted molar refractivity (Wildman–Crippen MR) is 66.6 cm³/mol. The Morgan fingerprint density at radius 1 is 1.22 bits per heavy atom. The number of amides is 1. The van der Waals surface area contributed by atoms with Gasteiger partial charge in [0.05, 0.1) is 12.7 Å². The molecule has 0 aromatic carbocycles. The van der Waals surface area contributed by atoms with Crippen molar-refractivity contribution in [2.45, 2.75) is 25.7 Å². The smallest absolute Gasteiger partial charge is 0.243 e. The Kier molecular flexibility index (Phi) is 4.20. The van der Waals surface area contributed by atoms with E-state index in [-0.39, 0.29) is 12.5 Å². The molecule has 18 heavy (non-hydrogen) atoms. The molecule has 0 radical (unpaired) electrons. The van der Waals surface area contributed by atoms with Gasteiger partial charge in [-0.3, -0.25) is 9.69 Å². The Bertz CT molecular complexity index is 337. The minimum atomic E-state index is -0.737. The molecule has 2 aliphatic rings. The Balaban J connectivity index is 1.93. The van der Waals surface area contributed by atoms with Gasteiger partial charge in [0.1, 0.15) is 5.41 Å². The van der Waals surface area contributed by atoms with Crippen molar-refractivity contribution in [3.05, 3.63) is 0 Å². The average Bonchev–Trinajstić information content (AvgIpc) is 2.89. The molecule has 1 saturated carbocycles. The second-order valence-corrected chi connectivity index (χ2v) is 5.26. The second kappa shape index (κ2) is 5.68. The average molecular weight is 251 g/mol. The molecule has 5 heteroatoms. The predicted octanol–water partition coefficient (Wildman–Crippen LogP) is 0.207. The van der Waals surface area contributed by atoms with Crippen LogP contribution in [0.25, 0.3) is 0 Å². The molecule has 0 aromatic heterocycles. The van der Waals surface area contributed by atoms with Crippen molar-refractivity contribution in [1.82, 2.24) is 9.80 Å². The molecule has 1 aliphatic carbocycles. The number of aliphatic hydroxyl groups excluding tert-OH is 1. The van der Waals surface area contributed by atoms with Gasteiger partial charge in [0.25, 0.3) is 0 Å². The molecule has 1 amide bonds. The van der Waals surface area contributed by atoms with Crippen molar-refractivity contribution in [2.24, 2.45) is 5.41 Å². The van der Waals surface area contributed by atoms with Gasteiger partial charge in [-0.15, -0.1) is 0 Å². The third-order valence-corrected chi connectivity index (χ3v) is 4.16. The molecule has 0 aromatic rings. The Morgan fingerprint density at radius 3 is 2.33 bits per heavy atom. The summed E-state index contributed by atoms with van der Waals surface area (Å²) >= 11 is 0.